The van der Waals surface area contributed by atoms with Crippen LogP contribution in [-0.2, 0) is 9.53 Å². The van der Waals surface area contributed by atoms with Crippen molar-refractivity contribution in [3.8, 4) is 12.1 Å². The molecular formula is C18H13N3O3. The smallest absolute Gasteiger partial charge is 0.338 e. The predicted octanol–water partition coefficient (Wildman–Crippen LogP) is 2.61. The normalized spacial score (nSPS) is 10.8. The van der Waals surface area contributed by atoms with E-state index in [2.05, 4.69) is 5.32 Å². The minimum atomic E-state index is -1.01. The summed E-state index contributed by atoms with van der Waals surface area (Å²) in [6.07, 6.45) is -1.01. The average molecular weight is 319 g/mol. The van der Waals surface area contributed by atoms with Crippen molar-refractivity contribution in [2.24, 2.45) is 0 Å². The number of amides is 1. The Labute approximate surface area is 138 Å². The van der Waals surface area contributed by atoms with Crippen molar-refractivity contribution >= 4 is 17.6 Å². The number of esters is 1. The van der Waals surface area contributed by atoms with E-state index in [9.17, 15) is 9.59 Å². The molecule has 118 valence electrons. The molecule has 2 aromatic carbocycles. The number of ether oxygens (including phenoxy) is 1. The second kappa shape index (κ2) is 7.57. The summed E-state index contributed by atoms with van der Waals surface area (Å²) in [6.45, 7) is 1.45. The molecule has 0 saturated carbocycles. The van der Waals surface area contributed by atoms with Crippen molar-refractivity contribution in [1.82, 2.24) is 0 Å². The van der Waals surface area contributed by atoms with Crippen molar-refractivity contribution in [3.05, 3.63) is 65.2 Å². The summed E-state index contributed by atoms with van der Waals surface area (Å²) in [7, 11) is 0. The number of carbonyl (C=O) groups excluding carboxylic acids is 2. The number of nitrogens with zero attached hydrogens (tertiary/aromatic N) is 2. The van der Waals surface area contributed by atoms with E-state index in [1.54, 1.807) is 36.4 Å². The fourth-order valence-electron chi connectivity index (χ4n) is 1.87. The van der Waals surface area contributed by atoms with Gasteiger partial charge in [-0.05, 0) is 49.4 Å². The van der Waals surface area contributed by atoms with E-state index in [1.165, 1.54) is 19.1 Å². The standard InChI is InChI=1S/C18H13N3O3/c1-12(17(22)21-16-7-5-13(10-19)6-8-16)24-18(23)15-4-2-3-14(9-15)11-20/h2-9,12H,1H3,(H,21,22)/t12-/m1/s1. The lowest BCUT2D eigenvalue weighted by atomic mass is 10.1. The van der Waals surface area contributed by atoms with Gasteiger partial charge >= 0.3 is 5.97 Å². The van der Waals surface area contributed by atoms with E-state index in [0.717, 1.165) is 0 Å². The van der Waals surface area contributed by atoms with Crippen LogP contribution in [0.4, 0.5) is 5.69 Å². The molecule has 0 aromatic heterocycles. The summed E-state index contributed by atoms with van der Waals surface area (Å²) in [5, 5.41) is 20.2. The number of carbonyl (C=O) groups is 2. The molecule has 6 nitrogen and oxygen atoms in total. The molecule has 1 atom stereocenters. The molecular weight excluding hydrogens is 306 g/mol. The number of anilines is 1. The highest BCUT2D eigenvalue weighted by Gasteiger charge is 2.19. The summed E-state index contributed by atoms with van der Waals surface area (Å²) in [4.78, 5) is 24.1. The average Bonchev–Trinajstić information content (AvgIpc) is 2.62. The molecule has 0 unspecified atom stereocenters. The molecule has 1 N–H and O–H groups in total. The van der Waals surface area contributed by atoms with Crippen LogP contribution in [0.15, 0.2) is 48.5 Å². The third-order valence-corrected chi connectivity index (χ3v) is 3.16. The lowest BCUT2D eigenvalue weighted by Gasteiger charge is -2.13. The topological polar surface area (TPSA) is 103 Å². The lowest BCUT2D eigenvalue weighted by molar-refractivity contribution is -0.123. The zero-order valence-corrected chi connectivity index (χ0v) is 12.8. The Morgan fingerprint density at radius 3 is 2.33 bits per heavy atom. The Kier molecular flexibility index (Phi) is 5.28. The van der Waals surface area contributed by atoms with Gasteiger partial charge in [-0.15, -0.1) is 0 Å². The third kappa shape index (κ3) is 4.19. The van der Waals surface area contributed by atoms with Crippen LogP contribution in [0.5, 0.6) is 0 Å². The predicted molar refractivity (Wildman–Crippen MR) is 85.8 cm³/mol. The Morgan fingerprint density at radius 2 is 1.71 bits per heavy atom. The number of rotatable bonds is 4. The molecule has 0 spiro atoms. The summed E-state index contributed by atoms with van der Waals surface area (Å²) >= 11 is 0. The first-order chi connectivity index (χ1) is 11.5. The summed E-state index contributed by atoms with van der Waals surface area (Å²) in [5.74, 6) is -1.18. The molecule has 6 heteroatoms. The molecule has 0 saturated heterocycles. The first-order valence-electron chi connectivity index (χ1n) is 7.05. The van der Waals surface area contributed by atoms with Gasteiger partial charge in [0.25, 0.3) is 5.91 Å². The van der Waals surface area contributed by atoms with E-state index in [-0.39, 0.29) is 5.56 Å². The quantitative estimate of drug-likeness (QED) is 0.872. The molecule has 0 radical (unpaired) electrons. The van der Waals surface area contributed by atoms with Gasteiger partial charge in [0.05, 0.1) is 28.8 Å². The van der Waals surface area contributed by atoms with Crippen molar-refractivity contribution in [2.45, 2.75) is 13.0 Å². The zero-order chi connectivity index (χ0) is 17.5. The zero-order valence-electron chi connectivity index (χ0n) is 12.8. The molecule has 0 bridgehead atoms. The third-order valence-electron chi connectivity index (χ3n) is 3.16. The van der Waals surface area contributed by atoms with E-state index >= 15 is 0 Å². The maximum atomic E-state index is 12.1. The molecule has 24 heavy (non-hydrogen) atoms. The SMILES string of the molecule is C[C@@H](OC(=O)c1cccc(C#N)c1)C(=O)Nc1ccc(C#N)cc1. The van der Waals surface area contributed by atoms with Gasteiger partial charge in [0.2, 0.25) is 0 Å². The summed E-state index contributed by atoms with van der Waals surface area (Å²) < 4.78 is 5.10. The van der Waals surface area contributed by atoms with Crippen LogP contribution in [-0.4, -0.2) is 18.0 Å². The molecule has 0 aliphatic carbocycles. The molecule has 0 aliphatic heterocycles. The van der Waals surface area contributed by atoms with Gasteiger partial charge in [-0.25, -0.2) is 4.79 Å². The van der Waals surface area contributed by atoms with Crippen LogP contribution >= 0.6 is 0 Å². The van der Waals surface area contributed by atoms with Crippen LogP contribution in [0.1, 0.15) is 28.4 Å². The number of hydrogen-bond acceptors (Lipinski definition) is 5. The maximum Gasteiger partial charge on any atom is 0.338 e. The molecule has 2 aromatic rings. The Morgan fingerprint density at radius 1 is 1.04 bits per heavy atom. The number of nitriles is 2. The van der Waals surface area contributed by atoms with Gasteiger partial charge < -0.3 is 10.1 Å². The molecule has 0 fully saturated rings. The minimum Gasteiger partial charge on any atom is -0.449 e. The van der Waals surface area contributed by atoms with E-state index in [0.29, 0.717) is 16.8 Å². The van der Waals surface area contributed by atoms with Crippen LogP contribution in [0.25, 0.3) is 0 Å². The fraction of sp³-hybridized carbons (Fsp3) is 0.111. The minimum absolute atomic E-state index is 0.201. The monoisotopic (exact) mass is 319 g/mol. The highest BCUT2D eigenvalue weighted by molar-refractivity contribution is 5.97. The second-order valence-corrected chi connectivity index (χ2v) is 4.92. The van der Waals surface area contributed by atoms with Crippen LogP contribution in [0.2, 0.25) is 0 Å². The van der Waals surface area contributed by atoms with Gasteiger partial charge in [0.1, 0.15) is 0 Å². The van der Waals surface area contributed by atoms with Crippen LogP contribution in [0, 0.1) is 22.7 Å². The van der Waals surface area contributed by atoms with Gasteiger partial charge in [0.15, 0.2) is 6.10 Å². The van der Waals surface area contributed by atoms with Crippen LogP contribution < -0.4 is 5.32 Å². The van der Waals surface area contributed by atoms with E-state index in [1.807, 2.05) is 12.1 Å². The van der Waals surface area contributed by atoms with Gasteiger partial charge in [-0.3, -0.25) is 4.79 Å². The van der Waals surface area contributed by atoms with Crippen LogP contribution in [0.3, 0.4) is 0 Å². The van der Waals surface area contributed by atoms with Gasteiger partial charge in [0, 0.05) is 5.69 Å². The number of nitrogens with one attached hydrogen (secondary N) is 1. The van der Waals surface area contributed by atoms with Crippen molar-refractivity contribution in [3.63, 3.8) is 0 Å². The number of hydrogen-bond donors (Lipinski definition) is 1. The first kappa shape index (κ1) is 16.7. The van der Waals surface area contributed by atoms with Crippen molar-refractivity contribution in [1.29, 1.82) is 10.5 Å². The van der Waals surface area contributed by atoms with Crippen molar-refractivity contribution < 1.29 is 14.3 Å². The van der Waals surface area contributed by atoms with Gasteiger partial charge in [-0.1, -0.05) is 6.07 Å². The highest BCUT2D eigenvalue weighted by Crippen LogP contribution is 2.11. The lowest BCUT2D eigenvalue weighted by Crippen LogP contribution is -2.30. The van der Waals surface area contributed by atoms with Crippen molar-refractivity contribution in [2.75, 3.05) is 5.32 Å². The summed E-state index contributed by atoms with van der Waals surface area (Å²) in [5.41, 5.74) is 1.50. The van der Waals surface area contributed by atoms with E-state index in [4.69, 9.17) is 15.3 Å². The van der Waals surface area contributed by atoms with Gasteiger partial charge in [-0.2, -0.15) is 10.5 Å². The molecule has 1 amide bonds. The Balaban J connectivity index is 1.98. The first-order valence-corrected chi connectivity index (χ1v) is 7.05. The Hall–Kier alpha value is -3.64. The number of benzene rings is 2. The molecule has 0 aliphatic rings. The fourth-order valence-corrected chi connectivity index (χ4v) is 1.87. The maximum absolute atomic E-state index is 12.1. The highest BCUT2D eigenvalue weighted by atomic mass is 16.5. The molecule has 0 heterocycles. The molecule has 2 rings (SSSR count). The van der Waals surface area contributed by atoms with E-state index < -0.39 is 18.0 Å². The Bertz CT molecular complexity index is 845. The summed E-state index contributed by atoms with van der Waals surface area (Å²) in [6, 6.07) is 16.3. The second-order valence-electron chi connectivity index (χ2n) is 4.92. The largest absolute Gasteiger partial charge is 0.449 e.